The lowest BCUT2D eigenvalue weighted by Gasteiger charge is -2.33. The van der Waals surface area contributed by atoms with E-state index < -0.39 is 11.4 Å². The lowest BCUT2D eigenvalue weighted by molar-refractivity contribution is -0.154. The Balaban J connectivity index is 1.43. The minimum Gasteiger partial charge on any atom is -0.481 e. The number of carboxylic acids is 1. The van der Waals surface area contributed by atoms with Crippen LogP contribution in [0.25, 0.3) is 0 Å². The highest BCUT2D eigenvalue weighted by Crippen LogP contribution is 2.37. The van der Waals surface area contributed by atoms with Crippen molar-refractivity contribution in [1.82, 2.24) is 5.32 Å². The summed E-state index contributed by atoms with van der Waals surface area (Å²) in [5.41, 5.74) is 0.539. The molecule has 1 aliphatic carbocycles. The van der Waals surface area contributed by atoms with Crippen molar-refractivity contribution < 1.29 is 19.4 Å². The number of benzene rings is 1. The maximum Gasteiger partial charge on any atom is 0.311 e. The van der Waals surface area contributed by atoms with Crippen LogP contribution in [0.5, 0.6) is 0 Å². The molecule has 0 atom stereocenters. The Hall–Kier alpha value is -1.88. The Morgan fingerprint density at radius 3 is 2.35 bits per heavy atom. The molecule has 0 radical (unpaired) electrons. The topological polar surface area (TPSA) is 75.6 Å². The minimum absolute atomic E-state index is 0.0136. The Labute approximate surface area is 155 Å². The van der Waals surface area contributed by atoms with E-state index in [0.29, 0.717) is 44.3 Å². The molecule has 5 nitrogen and oxygen atoms in total. The number of nitrogens with one attached hydrogen (secondary N) is 1. The van der Waals surface area contributed by atoms with Gasteiger partial charge in [-0.3, -0.25) is 9.59 Å². The molecule has 26 heavy (non-hydrogen) atoms. The molecule has 0 spiro atoms. The highest BCUT2D eigenvalue weighted by atomic mass is 16.5. The van der Waals surface area contributed by atoms with Gasteiger partial charge in [0, 0.05) is 26.2 Å². The standard InChI is InChI=1S/C21H29NO4/c23-19(22-15-21(20(24)25)10-12-26-13-11-21)14-16-6-8-18(9-7-16)17-4-2-1-3-5-17/h1-5,16,18H,6-15H2,(H,22,23)(H,24,25). The zero-order valence-electron chi connectivity index (χ0n) is 15.3. The van der Waals surface area contributed by atoms with Gasteiger partial charge in [-0.05, 0) is 55.9 Å². The van der Waals surface area contributed by atoms with Gasteiger partial charge in [0.1, 0.15) is 0 Å². The van der Waals surface area contributed by atoms with Crippen molar-refractivity contribution in [3.63, 3.8) is 0 Å². The van der Waals surface area contributed by atoms with Crippen LogP contribution in [0.2, 0.25) is 0 Å². The van der Waals surface area contributed by atoms with E-state index in [2.05, 4.69) is 29.6 Å². The van der Waals surface area contributed by atoms with E-state index in [4.69, 9.17) is 4.74 Å². The van der Waals surface area contributed by atoms with Gasteiger partial charge in [-0.25, -0.2) is 0 Å². The predicted molar refractivity (Wildman–Crippen MR) is 98.9 cm³/mol. The van der Waals surface area contributed by atoms with Crippen LogP contribution in [0.3, 0.4) is 0 Å². The summed E-state index contributed by atoms with van der Waals surface area (Å²) in [4.78, 5) is 24.0. The van der Waals surface area contributed by atoms with Crippen molar-refractivity contribution in [3.8, 4) is 0 Å². The van der Waals surface area contributed by atoms with Crippen LogP contribution >= 0.6 is 0 Å². The van der Waals surface area contributed by atoms with Crippen molar-refractivity contribution in [3.05, 3.63) is 35.9 Å². The fourth-order valence-corrected chi connectivity index (χ4v) is 4.26. The molecule has 2 N–H and O–H groups in total. The monoisotopic (exact) mass is 359 g/mol. The summed E-state index contributed by atoms with van der Waals surface area (Å²) >= 11 is 0. The molecule has 1 aromatic carbocycles. The van der Waals surface area contributed by atoms with E-state index in [1.54, 1.807) is 0 Å². The van der Waals surface area contributed by atoms with Gasteiger partial charge < -0.3 is 15.2 Å². The Kier molecular flexibility index (Phi) is 6.30. The second kappa shape index (κ2) is 8.67. The third kappa shape index (κ3) is 4.64. The van der Waals surface area contributed by atoms with E-state index >= 15 is 0 Å². The van der Waals surface area contributed by atoms with Crippen LogP contribution in [-0.2, 0) is 14.3 Å². The van der Waals surface area contributed by atoms with E-state index in [0.717, 1.165) is 25.7 Å². The zero-order chi connectivity index (χ0) is 18.4. The molecular formula is C21H29NO4. The summed E-state index contributed by atoms with van der Waals surface area (Å²) in [6, 6.07) is 10.6. The summed E-state index contributed by atoms with van der Waals surface area (Å²) in [5.74, 6) is 0.170. The Morgan fingerprint density at radius 2 is 1.73 bits per heavy atom. The van der Waals surface area contributed by atoms with E-state index in [-0.39, 0.29) is 12.5 Å². The van der Waals surface area contributed by atoms with E-state index in [1.807, 2.05) is 6.07 Å². The maximum absolute atomic E-state index is 12.3. The molecule has 0 bridgehead atoms. The molecule has 2 aliphatic rings. The van der Waals surface area contributed by atoms with Crippen LogP contribution in [0, 0.1) is 11.3 Å². The number of rotatable bonds is 6. The molecule has 1 saturated heterocycles. The fraction of sp³-hybridized carbons (Fsp3) is 0.619. The van der Waals surface area contributed by atoms with Gasteiger partial charge in [-0.1, -0.05) is 30.3 Å². The Morgan fingerprint density at radius 1 is 1.08 bits per heavy atom. The molecule has 1 heterocycles. The lowest BCUT2D eigenvalue weighted by Crippen LogP contribution is -2.46. The largest absolute Gasteiger partial charge is 0.481 e. The summed E-state index contributed by atoms with van der Waals surface area (Å²) in [6.45, 7) is 1.11. The smallest absolute Gasteiger partial charge is 0.311 e. The van der Waals surface area contributed by atoms with Crippen LogP contribution in [0.1, 0.15) is 56.4 Å². The molecule has 1 amide bonds. The predicted octanol–water partition coefficient (Wildman–Crippen LogP) is 3.35. The number of aliphatic carboxylic acids is 1. The van der Waals surface area contributed by atoms with Gasteiger partial charge in [0.2, 0.25) is 5.91 Å². The summed E-state index contributed by atoms with van der Waals surface area (Å²) in [6.07, 6.45) is 5.80. The Bertz CT molecular complexity index is 602. The molecule has 142 valence electrons. The molecule has 5 heteroatoms. The van der Waals surface area contributed by atoms with Gasteiger partial charge in [-0.2, -0.15) is 0 Å². The molecule has 0 aromatic heterocycles. The van der Waals surface area contributed by atoms with Gasteiger partial charge in [-0.15, -0.1) is 0 Å². The first kappa shape index (κ1) is 18.9. The lowest BCUT2D eigenvalue weighted by atomic mass is 9.77. The third-order valence-corrected chi connectivity index (χ3v) is 6.12. The second-order valence-corrected chi connectivity index (χ2v) is 7.81. The van der Waals surface area contributed by atoms with Crippen LogP contribution in [0.4, 0.5) is 0 Å². The van der Waals surface area contributed by atoms with Gasteiger partial charge >= 0.3 is 5.97 Å². The summed E-state index contributed by atoms with van der Waals surface area (Å²) in [7, 11) is 0. The number of amides is 1. The molecular weight excluding hydrogens is 330 g/mol. The average Bonchev–Trinajstić information content (AvgIpc) is 2.68. The van der Waals surface area contributed by atoms with Gasteiger partial charge in [0.25, 0.3) is 0 Å². The normalized spacial score (nSPS) is 25.4. The first-order valence-corrected chi connectivity index (χ1v) is 9.72. The number of carbonyl (C=O) groups is 2. The summed E-state index contributed by atoms with van der Waals surface area (Å²) in [5, 5.41) is 12.4. The van der Waals surface area contributed by atoms with Crippen LogP contribution < -0.4 is 5.32 Å². The average molecular weight is 359 g/mol. The van der Waals surface area contributed by atoms with E-state index in [1.165, 1.54) is 5.56 Å². The van der Waals surface area contributed by atoms with Crippen molar-refractivity contribution in [2.24, 2.45) is 11.3 Å². The molecule has 1 aliphatic heterocycles. The third-order valence-electron chi connectivity index (χ3n) is 6.12. The highest BCUT2D eigenvalue weighted by Gasteiger charge is 2.40. The second-order valence-electron chi connectivity index (χ2n) is 7.81. The SMILES string of the molecule is O=C(CC1CCC(c2ccccc2)CC1)NCC1(C(=O)O)CCOCC1. The number of hydrogen-bond acceptors (Lipinski definition) is 3. The van der Waals surface area contributed by atoms with Gasteiger partial charge in [0.05, 0.1) is 5.41 Å². The van der Waals surface area contributed by atoms with Crippen molar-refractivity contribution in [2.75, 3.05) is 19.8 Å². The van der Waals surface area contributed by atoms with Crippen molar-refractivity contribution in [2.45, 2.75) is 50.9 Å². The molecule has 1 aromatic rings. The highest BCUT2D eigenvalue weighted by molar-refractivity contribution is 5.79. The van der Waals surface area contributed by atoms with Crippen molar-refractivity contribution >= 4 is 11.9 Å². The number of hydrogen-bond donors (Lipinski definition) is 2. The fourth-order valence-electron chi connectivity index (χ4n) is 4.26. The maximum atomic E-state index is 12.3. The number of carbonyl (C=O) groups excluding carboxylic acids is 1. The van der Waals surface area contributed by atoms with Crippen LogP contribution in [-0.4, -0.2) is 36.7 Å². The van der Waals surface area contributed by atoms with Crippen LogP contribution in [0.15, 0.2) is 30.3 Å². The summed E-state index contributed by atoms with van der Waals surface area (Å²) < 4.78 is 5.27. The number of ether oxygens (including phenoxy) is 1. The minimum atomic E-state index is -0.862. The first-order chi connectivity index (χ1) is 12.6. The first-order valence-electron chi connectivity index (χ1n) is 9.72. The number of carboxylic acid groups (broad SMARTS) is 1. The van der Waals surface area contributed by atoms with Crippen molar-refractivity contribution in [1.29, 1.82) is 0 Å². The van der Waals surface area contributed by atoms with Gasteiger partial charge in [0.15, 0.2) is 0 Å². The molecule has 3 rings (SSSR count). The molecule has 1 saturated carbocycles. The van der Waals surface area contributed by atoms with E-state index in [9.17, 15) is 14.7 Å². The molecule has 0 unspecified atom stereocenters. The quantitative estimate of drug-likeness (QED) is 0.817. The molecule has 2 fully saturated rings. The zero-order valence-corrected chi connectivity index (χ0v) is 15.3.